The Morgan fingerprint density at radius 1 is 1.07 bits per heavy atom. The van der Waals surface area contributed by atoms with Crippen LogP contribution in [0.15, 0.2) is 54.6 Å². The standard InChI is InChI=1S/C21H21N5O2/c1-14-6-5-9-18(23-14)21(28)24-16-10-17-11-19(25-26(17)13-16)20(27)22-12-15-7-3-2-4-8-15/h2-9,11,16H,10,12-13H2,1H3,(H,22,27)(H,24,28)/t16-/m0/s1. The second kappa shape index (κ2) is 7.64. The summed E-state index contributed by atoms with van der Waals surface area (Å²) in [5.41, 5.74) is 3.59. The first-order valence-corrected chi connectivity index (χ1v) is 9.22. The van der Waals surface area contributed by atoms with Crippen LogP contribution >= 0.6 is 0 Å². The molecule has 3 heterocycles. The third-order valence-corrected chi connectivity index (χ3v) is 4.70. The maximum atomic E-state index is 12.4. The molecule has 1 atom stereocenters. The van der Waals surface area contributed by atoms with Crippen LogP contribution in [0.1, 0.15) is 37.9 Å². The van der Waals surface area contributed by atoms with Gasteiger partial charge in [-0.05, 0) is 30.7 Å². The Balaban J connectivity index is 1.33. The topological polar surface area (TPSA) is 88.9 Å². The van der Waals surface area contributed by atoms with Gasteiger partial charge in [-0.15, -0.1) is 0 Å². The Morgan fingerprint density at radius 3 is 2.64 bits per heavy atom. The number of pyridine rings is 1. The van der Waals surface area contributed by atoms with Gasteiger partial charge in [-0.3, -0.25) is 14.3 Å². The van der Waals surface area contributed by atoms with Gasteiger partial charge < -0.3 is 10.6 Å². The van der Waals surface area contributed by atoms with Crippen LogP contribution in [0.2, 0.25) is 0 Å². The van der Waals surface area contributed by atoms with E-state index in [0.29, 0.717) is 30.9 Å². The van der Waals surface area contributed by atoms with Gasteiger partial charge in [0.05, 0.1) is 12.6 Å². The summed E-state index contributed by atoms with van der Waals surface area (Å²) < 4.78 is 1.78. The van der Waals surface area contributed by atoms with Crippen LogP contribution in [0, 0.1) is 6.92 Å². The van der Waals surface area contributed by atoms with Crippen LogP contribution in [0.3, 0.4) is 0 Å². The van der Waals surface area contributed by atoms with Crippen molar-refractivity contribution in [3.8, 4) is 0 Å². The summed E-state index contributed by atoms with van der Waals surface area (Å²) in [4.78, 5) is 28.9. The predicted octanol–water partition coefficient (Wildman–Crippen LogP) is 1.87. The molecule has 7 heteroatoms. The molecule has 1 aliphatic heterocycles. The molecular weight excluding hydrogens is 354 g/mol. The fraction of sp³-hybridized carbons (Fsp3) is 0.238. The Morgan fingerprint density at radius 2 is 1.89 bits per heavy atom. The second-order valence-corrected chi connectivity index (χ2v) is 6.91. The molecule has 0 saturated carbocycles. The number of fused-ring (bicyclic) bond motifs is 1. The Bertz CT molecular complexity index is 989. The SMILES string of the molecule is Cc1cccc(C(=O)N[C@H]2Cc3cc(C(=O)NCc4ccccc4)nn3C2)n1. The molecule has 2 N–H and O–H groups in total. The first kappa shape index (κ1) is 17.9. The summed E-state index contributed by atoms with van der Waals surface area (Å²) in [6.45, 7) is 2.86. The molecule has 0 radical (unpaired) electrons. The number of hydrogen-bond acceptors (Lipinski definition) is 4. The molecule has 0 spiro atoms. The fourth-order valence-electron chi connectivity index (χ4n) is 3.31. The van der Waals surface area contributed by atoms with E-state index in [-0.39, 0.29) is 17.9 Å². The van der Waals surface area contributed by atoms with Gasteiger partial charge in [-0.25, -0.2) is 4.98 Å². The molecule has 0 aliphatic carbocycles. The lowest BCUT2D eigenvalue weighted by Gasteiger charge is -2.11. The van der Waals surface area contributed by atoms with Crippen molar-refractivity contribution in [1.29, 1.82) is 0 Å². The van der Waals surface area contributed by atoms with Gasteiger partial charge >= 0.3 is 0 Å². The number of nitrogens with one attached hydrogen (secondary N) is 2. The van der Waals surface area contributed by atoms with E-state index in [1.165, 1.54) is 0 Å². The van der Waals surface area contributed by atoms with E-state index in [1.54, 1.807) is 16.8 Å². The number of aromatic nitrogens is 3. The van der Waals surface area contributed by atoms with Crippen LogP contribution in [0.25, 0.3) is 0 Å². The number of nitrogens with zero attached hydrogens (tertiary/aromatic N) is 3. The third-order valence-electron chi connectivity index (χ3n) is 4.70. The number of hydrogen-bond donors (Lipinski definition) is 2. The number of carbonyl (C=O) groups is 2. The monoisotopic (exact) mass is 375 g/mol. The number of carbonyl (C=O) groups excluding carboxylic acids is 2. The lowest BCUT2D eigenvalue weighted by atomic mass is 10.2. The molecule has 1 aromatic carbocycles. The van der Waals surface area contributed by atoms with Gasteiger partial charge in [-0.2, -0.15) is 5.10 Å². The summed E-state index contributed by atoms with van der Waals surface area (Å²) in [5.74, 6) is -0.393. The number of amides is 2. The normalized spacial score (nSPS) is 15.1. The molecule has 0 saturated heterocycles. The van der Waals surface area contributed by atoms with Crippen LogP contribution in [0.5, 0.6) is 0 Å². The number of rotatable bonds is 5. The lowest BCUT2D eigenvalue weighted by Crippen LogP contribution is -2.36. The van der Waals surface area contributed by atoms with Gasteiger partial charge in [0.2, 0.25) is 0 Å². The molecular formula is C21H21N5O2. The van der Waals surface area contributed by atoms with E-state index in [9.17, 15) is 9.59 Å². The minimum Gasteiger partial charge on any atom is -0.347 e. The smallest absolute Gasteiger partial charge is 0.272 e. The highest BCUT2D eigenvalue weighted by atomic mass is 16.2. The van der Waals surface area contributed by atoms with Gasteiger partial charge in [0, 0.05) is 24.4 Å². The highest BCUT2D eigenvalue weighted by Crippen LogP contribution is 2.17. The van der Waals surface area contributed by atoms with Crippen LogP contribution in [-0.4, -0.2) is 32.6 Å². The highest BCUT2D eigenvalue weighted by Gasteiger charge is 2.26. The van der Waals surface area contributed by atoms with E-state index in [0.717, 1.165) is 17.0 Å². The van der Waals surface area contributed by atoms with Crippen LogP contribution in [-0.2, 0) is 19.5 Å². The quantitative estimate of drug-likeness (QED) is 0.713. The molecule has 2 aromatic heterocycles. The first-order chi connectivity index (χ1) is 13.6. The number of benzene rings is 1. The summed E-state index contributed by atoms with van der Waals surface area (Å²) in [7, 11) is 0. The van der Waals surface area contributed by atoms with E-state index < -0.39 is 0 Å². The maximum absolute atomic E-state index is 12.4. The third kappa shape index (κ3) is 3.93. The number of aryl methyl sites for hydroxylation is 1. The first-order valence-electron chi connectivity index (χ1n) is 9.22. The molecule has 0 fully saturated rings. The van der Waals surface area contributed by atoms with E-state index in [1.807, 2.05) is 49.4 Å². The van der Waals surface area contributed by atoms with Crippen molar-refractivity contribution >= 4 is 11.8 Å². The average Bonchev–Trinajstić information content (AvgIpc) is 3.25. The van der Waals surface area contributed by atoms with Gasteiger partial charge in [0.15, 0.2) is 0 Å². The molecule has 0 bridgehead atoms. The van der Waals surface area contributed by atoms with Crippen LogP contribution in [0.4, 0.5) is 0 Å². The molecule has 2 amide bonds. The molecule has 1 aliphatic rings. The zero-order valence-corrected chi connectivity index (χ0v) is 15.6. The van der Waals surface area contributed by atoms with Crippen molar-refractivity contribution in [2.45, 2.75) is 32.5 Å². The Labute approximate surface area is 162 Å². The average molecular weight is 375 g/mol. The highest BCUT2D eigenvalue weighted by molar-refractivity contribution is 5.93. The zero-order valence-electron chi connectivity index (χ0n) is 15.6. The van der Waals surface area contributed by atoms with Crippen molar-refractivity contribution in [3.63, 3.8) is 0 Å². The summed E-state index contributed by atoms with van der Waals surface area (Å²) in [6, 6.07) is 16.8. The summed E-state index contributed by atoms with van der Waals surface area (Å²) in [6.07, 6.45) is 0.635. The van der Waals surface area contributed by atoms with Crippen molar-refractivity contribution in [1.82, 2.24) is 25.4 Å². The molecule has 0 unspecified atom stereocenters. The minimum absolute atomic E-state index is 0.0567. The molecule has 142 valence electrons. The largest absolute Gasteiger partial charge is 0.347 e. The molecule has 7 nitrogen and oxygen atoms in total. The molecule has 3 aromatic rings. The van der Waals surface area contributed by atoms with Crippen molar-refractivity contribution in [2.24, 2.45) is 0 Å². The van der Waals surface area contributed by atoms with E-state index in [2.05, 4.69) is 20.7 Å². The van der Waals surface area contributed by atoms with Crippen molar-refractivity contribution in [2.75, 3.05) is 0 Å². The summed E-state index contributed by atoms with van der Waals surface area (Å²) >= 11 is 0. The Kier molecular flexibility index (Phi) is 4.89. The van der Waals surface area contributed by atoms with Crippen molar-refractivity contribution in [3.05, 3.63) is 82.9 Å². The lowest BCUT2D eigenvalue weighted by molar-refractivity contribution is 0.0924. The molecule has 28 heavy (non-hydrogen) atoms. The summed E-state index contributed by atoms with van der Waals surface area (Å²) in [5, 5.41) is 10.3. The minimum atomic E-state index is -0.199. The van der Waals surface area contributed by atoms with Gasteiger partial charge in [0.1, 0.15) is 11.4 Å². The van der Waals surface area contributed by atoms with E-state index in [4.69, 9.17) is 0 Å². The van der Waals surface area contributed by atoms with Crippen molar-refractivity contribution < 1.29 is 9.59 Å². The van der Waals surface area contributed by atoms with Gasteiger partial charge in [0.25, 0.3) is 11.8 Å². The zero-order chi connectivity index (χ0) is 19.5. The van der Waals surface area contributed by atoms with Crippen LogP contribution < -0.4 is 10.6 Å². The second-order valence-electron chi connectivity index (χ2n) is 6.91. The predicted molar refractivity (Wildman–Crippen MR) is 104 cm³/mol. The molecule has 4 rings (SSSR count). The maximum Gasteiger partial charge on any atom is 0.272 e. The van der Waals surface area contributed by atoms with Gasteiger partial charge in [-0.1, -0.05) is 36.4 Å². The Hall–Kier alpha value is -3.48. The fourth-order valence-corrected chi connectivity index (χ4v) is 3.31. The van der Waals surface area contributed by atoms with E-state index >= 15 is 0 Å².